The fourth-order valence-electron chi connectivity index (χ4n) is 9.18. The van der Waals surface area contributed by atoms with Crippen LogP contribution in [0.25, 0.3) is 77.9 Å². The molecule has 2 N–H and O–H groups in total. The molecule has 8 aromatic rings. The molecular weight excluding hydrogens is 883 g/mol. The first-order valence-corrected chi connectivity index (χ1v) is 25.9. The highest BCUT2D eigenvalue weighted by Crippen LogP contribution is 2.45. The van der Waals surface area contributed by atoms with Gasteiger partial charge in [0.2, 0.25) is 0 Å². The summed E-state index contributed by atoms with van der Waals surface area (Å²) in [4.78, 5) is 15.1. The number of nitrogens with two attached hydrogens (primary N) is 1. The number of aryl methyl sites for hydroxylation is 1. The first-order valence-electron chi connectivity index (χ1n) is 25.0. The lowest BCUT2D eigenvalue weighted by molar-refractivity contribution is 0.883. The molecule has 0 fully saturated rings. The Kier molecular flexibility index (Phi) is 16.9. The van der Waals surface area contributed by atoms with E-state index in [0.29, 0.717) is 0 Å². The average Bonchev–Trinajstić information content (AvgIpc) is 3.64. The second-order valence-corrected chi connectivity index (χ2v) is 18.2. The fraction of sp³-hybridized carbons (Fsp3) is 0.154. The number of hydrogen-bond acceptors (Lipinski definition) is 5. The van der Waals surface area contributed by atoms with Crippen molar-refractivity contribution in [3.63, 3.8) is 0 Å². The van der Waals surface area contributed by atoms with Crippen LogP contribution in [0.15, 0.2) is 223 Å². The minimum absolute atomic E-state index is 0.216. The van der Waals surface area contributed by atoms with Crippen molar-refractivity contribution in [3.8, 4) is 33.5 Å². The zero-order valence-electron chi connectivity index (χ0n) is 41.6. The van der Waals surface area contributed by atoms with Crippen LogP contribution in [0.2, 0.25) is 0 Å². The highest BCUT2D eigenvalue weighted by Gasteiger charge is 2.24. The van der Waals surface area contributed by atoms with Gasteiger partial charge >= 0.3 is 0 Å². The summed E-state index contributed by atoms with van der Waals surface area (Å²) in [7, 11) is 0. The van der Waals surface area contributed by atoms with Crippen LogP contribution >= 0.6 is 11.8 Å². The minimum atomic E-state index is 0.216. The van der Waals surface area contributed by atoms with Gasteiger partial charge in [-0.05, 0) is 149 Å². The van der Waals surface area contributed by atoms with Crippen molar-refractivity contribution in [2.75, 3.05) is 0 Å². The molecule has 10 rings (SSSR count). The molecule has 1 atom stereocenters. The summed E-state index contributed by atoms with van der Waals surface area (Å²) >= 11 is 1.88. The molecule has 1 unspecified atom stereocenters. The molecule has 0 saturated carbocycles. The summed E-state index contributed by atoms with van der Waals surface area (Å²) in [5.41, 5.74) is 23.7. The van der Waals surface area contributed by atoms with Crippen LogP contribution in [0.3, 0.4) is 0 Å². The Hall–Kier alpha value is -7.80. The Labute approximate surface area is 425 Å². The molecule has 71 heavy (non-hydrogen) atoms. The van der Waals surface area contributed by atoms with Crippen molar-refractivity contribution in [1.29, 1.82) is 0 Å². The molecule has 0 amide bonds. The van der Waals surface area contributed by atoms with E-state index in [1.165, 1.54) is 38.9 Å². The Morgan fingerprint density at radius 2 is 1.42 bits per heavy atom. The van der Waals surface area contributed by atoms with Gasteiger partial charge in [-0.3, -0.25) is 15.0 Å². The highest BCUT2D eigenvalue weighted by molar-refractivity contribution is 8.00. The van der Waals surface area contributed by atoms with Crippen molar-refractivity contribution >= 4 is 62.3 Å². The van der Waals surface area contributed by atoms with Crippen molar-refractivity contribution in [1.82, 2.24) is 14.5 Å². The first kappa shape index (κ1) is 49.6. The van der Waals surface area contributed by atoms with Crippen molar-refractivity contribution < 1.29 is 0 Å². The molecule has 5 nitrogen and oxygen atoms in total. The Morgan fingerprint density at radius 1 is 0.732 bits per heavy atom. The van der Waals surface area contributed by atoms with Crippen LogP contribution in [0.1, 0.15) is 76.3 Å². The van der Waals surface area contributed by atoms with Crippen LogP contribution in [-0.2, 0) is 6.42 Å². The lowest BCUT2D eigenvalue weighted by Crippen LogP contribution is -2.02. The van der Waals surface area contributed by atoms with E-state index in [-0.39, 0.29) is 5.25 Å². The van der Waals surface area contributed by atoms with Gasteiger partial charge in [-0.15, -0.1) is 11.8 Å². The molecule has 1 aliphatic heterocycles. The van der Waals surface area contributed by atoms with Crippen molar-refractivity contribution in [2.45, 2.75) is 70.4 Å². The summed E-state index contributed by atoms with van der Waals surface area (Å²) in [6.07, 6.45) is 28.7. The van der Waals surface area contributed by atoms with Gasteiger partial charge in [-0.25, -0.2) is 0 Å². The molecule has 0 radical (unpaired) electrons. The van der Waals surface area contributed by atoms with Crippen molar-refractivity contribution in [2.24, 2.45) is 10.7 Å². The van der Waals surface area contributed by atoms with Gasteiger partial charge in [0.15, 0.2) is 0 Å². The molecule has 354 valence electrons. The second-order valence-electron chi connectivity index (χ2n) is 16.9. The number of pyridine rings is 2. The van der Waals surface area contributed by atoms with Crippen LogP contribution < -0.4 is 5.73 Å². The van der Waals surface area contributed by atoms with E-state index in [9.17, 15) is 0 Å². The molecule has 3 aromatic heterocycles. The summed E-state index contributed by atoms with van der Waals surface area (Å²) in [6, 6.07) is 49.9. The van der Waals surface area contributed by atoms with E-state index in [2.05, 4.69) is 183 Å². The normalized spacial score (nSPS) is 14.3. The maximum atomic E-state index is 5.70. The molecule has 2 bridgehead atoms. The Bertz CT molecular complexity index is 3360. The first-order chi connectivity index (χ1) is 35.0. The van der Waals surface area contributed by atoms with E-state index < -0.39 is 0 Å². The van der Waals surface area contributed by atoms with E-state index >= 15 is 0 Å². The maximum absolute atomic E-state index is 5.70. The number of aromatic nitrogens is 3. The molecule has 0 spiro atoms. The number of hydrogen-bond donors (Lipinski definition) is 1. The highest BCUT2D eigenvalue weighted by atomic mass is 32.2. The van der Waals surface area contributed by atoms with Crippen molar-refractivity contribution in [3.05, 3.63) is 236 Å². The summed E-state index contributed by atoms with van der Waals surface area (Å²) in [6.45, 7) is 14.5. The third-order valence-electron chi connectivity index (χ3n) is 12.4. The monoisotopic (exact) mass is 945 g/mol. The summed E-state index contributed by atoms with van der Waals surface area (Å²) in [5, 5.41) is 2.59. The molecule has 5 aromatic carbocycles. The molecule has 4 heterocycles. The second kappa shape index (κ2) is 24.2. The number of nitrogens with zero attached hydrogens (tertiary/aromatic N) is 4. The number of fused-ring (bicyclic) bond motifs is 6. The quantitative estimate of drug-likeness (QED) is 0.0923. The van der Waals surface area contributed by atoms with Gasteiger partial charge < -0.3 is 10.3 Å². The molecule has 0 saturated heterocycles. The zero-order chi connectivity index (χ0) is 49.5. The van der Waals surface area contributed by atoms with E-state index in [4.69, 9.17) is 15.7 Å². The Morgan fingerprint density at radius 3 is 2.08 bits per heavy atom. The average molecular weight is 946 g/mol. The number of allylic oxidation sites excluding steroid dienone is 9. The third kappa shape index (κ3) is 11.1. The summed E-state index contributed by atoms with van der Waals surface area (Å²) < 4.78 is 2.44. The van der Waals surface area contributed by atoms with E-state index in [0.717, 1.165) is 91.9 Å². The van der Waals surface area contributed by atoms with E-state index in [1.807, 2.05) is 86.7 Å². The van der Waals surface area contributed by atoms with Crippen LogP contribution in [0, 0.1) is 0 Å². The van der Waals surface area contributed by atoms with Gasteiger partial charge in [-0.2, -0.15) is 0 Å². The lowest BCUT2D eigenvalue weighted by atomic mass is 9.94. The third-order valence-corrected chi connectivity index (χ3v) is 13.5. The topological polar surface area (TPSA) is 69.1 Å². The van der Waals surface area contributed by atoms with E-state index in [1.54, 1.807) is 6.20 Å². The maximum Gasteiger partial charge on any atom is 0.0708 e. The minimum Gasteiger partial charge on any atom is -0.405 e. The number of benzene rings is 5. The van der Waals surface area contributed by atoms with Gasteiger partial charge in [0.25, 0.3) is 0 Å². The fourth-order valence-corrected chi connectivity index (χ4v) is 10.3. The number of thioether (sulfide) groups is 1. The zero-order valence-corrected chi connectivity index (χ0v) is 42.4. The lowest BCUT2D eigenvalue weighted by Gasteiger charge is -2.20. The van der Waals surface area contributed by atoms with Crippen LogP contribution in [0.5, 0.6) is 0 Å². The van der Waals surface area contributed by atoms with Crippen LogP contribution in [0.4, 0.5) is 0 Å². The Balaban J connectivity index is 0.000000550. The molecular formula is C65H63N5S. The molecule has 6 heteroatoms. The smallest absolute Gasteiger partial charge is 0.0708 e. The molecule has 1 aliphatic carbocycles. The predicted molar refractivity (Wildman–Crippen MR) is 309 cm³/mol. The number of aliphatic imine (C=N–C) groups is 1. The SMILES string of the molecule is C=C/C(=C\C=C/N)c1ccc2c(c1)C1=CC(C=CC(n3c4ccc(-c5ccccc5/C(=C/CC)N=CCC)cc4c4cc(-c5ccccc5-c5ccccn5)ccc43)=C1)S2.CC.CCCc1ccccn1. The van der Waals surface area contributed by atoms with Gasteiger partial charge in [0.05, 0.1) is 22.4 Å². The van der Waals surface area contributed by atoms with Gasteiger partial charge in [0.1, 0.15) is 0 Å². The largest absolute Gasteiger partial charge is 0.405 e. The summed E-state index contributed by atoms with van der Waals surface area (Å²) in [5.74, 6) is 0. The number of rotatable bonds is 13. The van der Waals surface area contributed by atoms with Crippen LogP contribution in [-0.4, -0.2) is 26.0 Å². The standard InChI is InChI=1S/C55H46N4S.C8H11N.C2H6/c1-4-14-51(57-30-5-2)46-18-9-7-16-44(46)39-21-26-53-49(35-39)50-36-40(45-17-8-10-19-47(45)52-20-11-12-31-58-52)22-27-54(50)59(53)42-24-25-43-33-41(32-42)48-34-38(23-28-55(48)60-43)37(6-3)15-13-29-56;1-2-5-8-6-3-4-7-9-8;1-2/h6-36,43H,3-5,56H2,1-2H3;3-4,6-7H,2,5H2,1H3;1-2H3/b29-13-,37-15+,51-14-,57-30?;;. The molecule has 2 aliphatic rings. The predicted octanol–water partition coefficient (Wildman–Crippen LogP) is 17.5. The van der Waals surface area contributed by atoms with Gasteiger partial charge in [-0.1, -0.05) is 157 Å². The van der Waals surface area contributed by atoms with Gasteiger partial charge in [0, 0.05) is 62.0 Å².